The van der Waals surface area contributed by atoms with Gasteiger partial charge in [0, 0.05) is 6.07 Å². The molecule has 0 aliphatic carbocycles. The van der Waals surface area contributed by atoms with Gasteiger partial charge >= 0.3 is 0 Å². The van der Waals surface area contributed by atoms with E-state index in [-0.39, 0.29) is 8.27 Å². The van der Waals surface area contributed by atoms with Crippen molar-refractivity contribution in [3.63, 3.8) is 0 Å². The largest absolute Gasteiger partial charge is 0.461 e. The molecule has 2 rings (SSSR count). The zero-order valence-electron chi connectivity index (χ0n) is 6.36. The molecule has 0 amide bonds. The minimum atomic E-state index is 0.210. The van der Waals surface area contributed by atoms with Crippen LogP contribution in [0.2, 0.25) is 0 Å². The van der Waals surface area contributed by atoms with Crippen LogP contribution in [0.3, 0.4) is 0 Å². The third kappa shape index (κ3) is 1.97. The van der Waals surface area contributed by atoms with Crippen LogP contribution >= 0.6 is 16.5 Å². The molecule has 0 N–H and O–H groups in total. The normalized spacial score (nSPS) is 12.3. The van der Waals surface area contributed by atoms with E-state index in [2.05, 4.69) is 0 Å². The first kappa shape index (κ1) is 8.04. The van der Waals surface area contributed by atoms with Crippen LogP contribution in [0.5, 0.6) is 0 Å². The smallest absolute Gasteiger partial charge is 0.242 e. The van der Waals surface area contributed by atoms with Gasteiger partial charge in [0.15, 0.2) is 5.50 Å². The van der Waals surface area contributed by atoms with Gasteiger partial charge in [-0.3, -0.25) is 0 Å². The summed E-state index contributed by atoms with van der Waals surface area (Å²) in [4.78, 5) is 0. The Balaban J connectivity index is 1.91. The van der Waals surface area contributed by atoms with Crippen LogP contribution in [0.4, 0.5) is 0 Å². The molecule has 0 saturated carbocycles. The van der Waals surface area contributed by atoms with E-state index >= 15 is 0 Å². The van der Waals surface area contributed by atoms with Crippen molar-refractivity contribution in [1.29, 1.82) is 0 Å². The second-order valence-electron chi connectivity index (χ2n) is 2.28. The molecule has 2 nitrogen and oxygen atoms in total. The highest BCUT2D eigenvalue weighted by Crippen LogP contribution is 2.34. The van der Waals surface area contributed by atoms with Gasteiger partial charge in [-0.05, 0) is 18.2 Å². The summed E-state index contributed by atoms with van der Waals surface area (Å²) in [6.45, 7) is 0. The Kier molecular flexibility index (Phi) is 2.60. The van der Waals surface area contributed by atoms with Crippen LogP contribution in [0.1, 0.15) is 0 Å². The zero-order valence-corrected chi connectivity index (χ0v) is 8.51. The van der Waals surface area contributed by atoms with E-state index in [1.165, 1.54) is 0 Å². The molecule has 0 aliphatic heterocycles. The van der Waals surface area contributed by atoms with Crippen molar-refractivity contribution in [1.82, 2.24) is 0 Å². The summed E-state index contributed by atoms with van der Waals surface area (Å²) >= 11 is 0. The first-order valence-electron chi connectivity index (χ1n) is 3.62. The molecule has 62 valence electrons. The summed E-state index contributed by atoms with van der Waals surface area (Å²) < 4.78 is 10.5. The maximum atomic E-state index is 5.23. The van der Waals surface area contributed by atoms with Crippen LogP contribution in [0, 0.1) is 0 Å². The fourth-order valence-electron chi connectivity index (χ4n) is 0.876. The predicted molar refractivity (Wildman–Crippen MR) is 54.7 cm³/mol. The minimum absolute atomic E-state index is 0.210. The van der Waals surface area contributed by atoms with E-state index in [1.807, 2.05) is 24.3 Å². The van der Waals surface area contributed by atoms with E-state index in [0.29, 0.717) is 0 Å². The highest BCUT2D eigenvalue weighted by Gasteiger charge is 2.05. The lowest BCUT2D eigenvalue weighted by molar-refractivity contribution is 0.602. The van der Waals surface area contributed by atoms with Crippen molar-refractivity contribution in [3.05, 3.63) is 36.8 Å². The van der Waals surface area contributed by atoms with Gasteiger partial charge < -0.3 is 8.83 Å². The molecule has 2 heterocycles. The van der Waals surface area contributed by atoms with Crippen LogP contribution in [0.15, 0.2) is 45.6 Å². The zero-order chi connectivity index (χ0) is 8.23. The van der Waals surface area contributed by atoms with E-state index in [4.69, 9.17) is 8.83 Å². The van der Waals surface area contributed by atoms with Gasteiger partial charge in [-0.2, -0.15) is 0 Å². The lowest BCUT2D eigenvalue weighted by Gasteiger charge is -1.85. The molecule has 0 saturated heterocycles. The number of furan rings is 2. The molecular formula is C8H9O2P2+. The number of hydrogen-bond acceptors (Lipinski definition) is 2. The third-order valence-electron chi connectivity index (χ3n) is 1.42. The molecule has 2 atom stereocenters. The molecule has 2 aromatic heterocycles. The molecule has 0 bridgehead atoms. The molecule has 2 unspecified atom stereocenters. The van der Waals surface area contributed by atoms with E-state index < -0.39 is 0 Å². The second-order valence-corrected chi connectivity index (χ2v) is 5.65. The maximum absolute atomic E-state index is 5.23. The fraction of sp³-hybridized carbons (Fsp3) is 0. The predicted octanol–water partition coefficient (Wildman–Crippen LogP) is 1.83. The highest BCUT2D eigenvalue weighted by molar-refractivity contribution is 8.18. The van der Waals surface area contributed by atoms with Crippen molar-refractivity contribution >= 4 is 27.5 Å². The Morgan fingerprint density at radius 3 is 2.58 bits per heavy atom. The summed E-state index contributed by atoms with van der Waals surface area (Å²) in [5.41, 5.74) is 2.17. The molecule has 12 heavy (non-hydrogen) atoms. The average molecular weight is 199 g/mol. The standard InChI is InChI=1S/C8H8O2P2/c1-3-7(9-5-1)11-12-8-4-2-6-10-8/h1-6,11-12H/p+1. The quantitative estimate of drug-likeness (QED) is 0.705. The maximum Gasteiger partial charge on any atom is 0.242 e. The lowest BCUT2D eigenvalue weighted by atomic mass is 10.7. The Hall–Kier alpha value is -0.580. The Labute approximate surface area is 73.8 Å². The van der Waals surface area contributed by atoms with Gasteiger partial charge in [0.2, 0.25) is 5.50 Å². The van der Waals surface area contributed by atoms with E-state index in [9.17, 15) is 0 Å². The van der Waals surface area contributed by atoms with Gasteiger partial charge in [0.05, 0.1) is 20.8 Å². The van der Waals surface area contributed by atoms with Gasteiger partial charge in [0.25, 0.3) is 0 Å². The first-order chi connectivity index (χ1) is 5.95. The molecule has 0 aliphatic rings. The molecule has 0 fully saturated rings. The lowest BCUT2D eigenvalue weighted by Crippen LogP contribution is -1.87. The summed E-state index contributed by atoms with van der Waals surface area (Å²) in [7, 11) is 0.956. The SMILES string of the molecule is c1coc(P[PH2+]c2ccco2)c1. The van der Waals surface area contributed by atoms with Gasteiger partial charge in [0.1, 0.15) is 8.27 Å². The van der Waals surface area contributed by atoms with Crippen LogP contribution in [-0.4, -0.2) is 0 Å². The first-order valence-corrected chi connectivity index (χ1v) is 7.00. The van der Waals surface area contributed by atoms with Crippen LogP contribution in [0.25, 0.3) is 0 Å². The third-order valence-corrected chi connectivity index (χ3v) is 4.89. The number of rotatable bonds is 3. The molecule has 2 aromatic rings. The van der Waals surface area contributed by atoms with Crippen molar-refractivity contribution in [2.75, 3.05) is 0 Å². The van der Waals surface area contributed by atoms with Crippen molar-refractivity contribution in [3.8, 4) is 0 Å². The molecule has 0 spiro atoms. The van der Waals surface area contributed by atoms with Gasteiger partial charge in [-0.15, -0.1) is 0 Å². The molecule has 4 heteroatoms. The van der Waals surface area contributed by atoms with Crippen LogP contribution < -0.4 is 11.0 Å². The van der Waals surface area contributed by atoms with Gasteiger partial charge in [-0.1, -0.05) is 0 Å². The summed E-state index contributed by atoms with van der Waals surface area (Å²) in [5, 5.41) is 0. The monoisotopic (exact) mass is 199 g/mol. The van der Waals surface area contributed by atoms with Crippen molar-refractivity contribution in [2.45, 2.75) is 0 Å². The average Bonchev–Trinajstić information content (AvgIpc) is 2.74. The van der Waals surface area contributed by atoms with E-state index in [0.717, 1.165) is 19.3 Å². The molecular weight excluding hydrogens is 190 g/mol. The topological polar surface area (TPSA) is 26.3 Å². The Morgan fingerprint density at radius 1 is 1.08 bits per heavy atom. The highest BCUT2D eigenvalue weighted by atomic mass is 32.0. The van der Waals surface area contributed by atoms with Crippen LogP contribution in [-0.2, 0) is 0 Å². The van der Waals surface area contributed by atoms with Crippen molar-refractivity contribution in [2.24, 2.45) is 0 Å². The minimum Gasteiger partial charge on any atom is -0.461 e. The summed E-state index contributed by atoms with van der Waals surface area (Å²) in [5.74, 6) is 0. The van der Waals surface area contributed by atoms with E-state index in [1.54, 1.807) is 12.5 Å². The second kappa shape index (κ2) is 3.89. The molecule has 0 radical (unpaired) electrons. The Bertz CT molecular complexity index is 278. The van der Waals surface area contributed by atoms with Crippen molar-refractivity contribution < 1.29 is 8.83 Å². The number of hydrogen-bond donors (Lipinski definition) is 0. The fourth-order valence-corrected chi connectivity index (χ4v) is 3.68. The molecule has 0 aromatic carbocycles. The summed E-state index contributed by atoms with van der Waals surface area (Å²) in [6.07, 6.45) is 3.43. The summed E-state index contributed by atoms with van der Waals surface area (Å²) in [6, 6.07) is 7.87. The Morgan fingerprint density at radius 2 is 1.92 bits per heavy atom. The van der Waals surface area contributed by atoms with Gasteiger partial charge in [-0.25, -0.2) is 0 Å².